The van der Waals surface area contributed by atoms with E-state index in [4.69, 9.17) is 15.2 Å². The Morgan fingerprint density at radius 3 is 2.95 bits per heavy atom. The molecule has 0 aromatic heterocycles. The average Bonchev–Trinajstić information content (AvgIpc) is 2.71. The van der Waals surface area contributed by atoms with Crippen LogP contribution in [0.15, 0.2) is 30.3 Å². The number of rotatable bonds is 3. The first kappa shape index (κ1) is 13.8. The van der Waals surface area contributed by atoms with Crippen molar-refractivity contribution in [3.8, 4) is 0 Å². The third-order valence-electron chi connectivity index (χ3n) is 3.15. The molecular formula is C14H20N2O3. The molecule has 0 spiro atoms. The second kappa shape index (κ2) is 7.11. The van der Waals surface area contributed by atoms with Crippen LogP contribution in [0.3, 0.4) is 0 Å². The van der Waals surface area contributed by atoms with Crippen LogP contribution >= 0.6 is 0 Å². The lowest BCUT2D eigenvalue weighted by Crippen LogP contribution is -2.46. The molecule has 1 amide bonds. The summed E-state index contributed by atoms with van der Waals surface area (Å²) in [4.78, 5) is 13.8. The molecule has 1 aromatic rings. The van der Waals surface area contributed by atoms with Crippen LogP contribution in [-0.4, -0.2) is 43.3 Å². The summed E-state index contributed by atoms with van der Waals surface area (Å²) < 4.78 is 10.7. The van der Waals surface area contributed by atoms with Crippen LogP contribution in [0.2, 0.25) is 0 Å². The zero-order chi connectivity index (χ0) is 13.5. The molecule has 1 saturated heterocycles. The van der Waals surface area contributed by atoms with Crippen LogP contribution in [0.1, 0.15) is 12.0 Å². The van der Waals surface area contributed by atoms with Gasteiger partial charge in [-0.3, -0.25) is 0 Å². The highest BCUT2D eigenvalue weighted by Gasteiger charge is 2.25. The summed E-state index contributed by atoms with van der Waals surface area (Å²) in [5, 5.41) is 0. The van der Waals surface area contributed by atoms with Gasteiger partial charge >= 0.3 is 6.09 Å². The third kappa shape index (κ3) is 3.94. The Hall–Kier alpha value is -1.59. The molecule has 1 aliphatic rings. The van der Waals surface area contributed by atoms with Crippen molar-refractivity contribution in [2.45, 2.75) is 19.1 Å². The topological polar surface area (TPSA) is 64.8 Å². The fourth-order valence-electron chi connectivity index (χ4n) is 2.07. The van der Waals surface area contributed by atoms with Gasteiger partial charge in [0, 0.05) is 19.7 Å². The monoisotopic (exact) mass is 264 g/mol. The third-order valence-corrected chi connectivity index (χ3v) is 3.15. The van der Waals surface area contributed by atoms with Crippen molar-refractivity contribution in [3.05, 3.63) is 35.9 Å². The Kier molecular flexibility index (Phi) is 5.18. The minimum absolute atomic E-state index is 0.0919. The molecule has 2 rings (SSSR count). The molecule has 0 saturated carbocycles. The van der Waals surface area contributed by atoms with Crippen LogP contribution in [0.5, 0.6) is 0 Å². The fourth-order valence-corrected chi connectivity index (χ4v) is 2.07. The molecule has 5 heteroatoms. The molecule has 1 atom stereocenters. The van der Waals surface area contributed by atoms with E-state index < -0.39 is 0 Å². The number of carbonyl (C=O) groups is 1. The molecule has 104 valence electrons. The van der Waals surface area contributed by atoms with Crippen molar-refractivity contribution in [2.75, 3.05) is 26.3 Å². The number of hydrogen-bond acceptors (Lipinski definition) is 4. The summed E-state index contributed by atoms with van der Waals surface area (Å²) in [5.41, 5.74) is 6.66. The van der Waals surface area contributed by atoms with E-state index in [-0.39, 0.29) is 18.7 Å². The minimum Gasteiger partial charge on any atom is -0.445 e. The quantitative estimate of drug-likeness (QED) is 0.895. The van der Waals surface area contributed by atoms with Gasteiger partial charge in [0.25, 0.3) is 0 Å². The van der Waals surface area contributed by atoms with Crippen LogP contribution in [-0.2, 0) is 16.1 Å². The van der Waals surface area contributed by atoms with Gasteiger partial charge < -0.3 is 20.1 Å². The Labute approximate surface area is 113 Å². The number of hydrogen-bond donors (Lipinski definition) is 1. The lowest BCUT2D eigenvalue weighted by Gasteiger charge is -2.27. The first-order valence-electron chi connectivity index (χ1n) is 6.56. The van der Waals surface area contributed by atoms with E-state index in [2.05, 4.69) is 0 Å². The van der Waals surface area contributed by atoms with E-state index in [9.17, 15) is 4.79 Å². The van der Waals surface area contributed by atoms with Crippen molar-refractivity contribution in [1.82, 2.24) is 4.90 Å². The molecule has 0 aliphatic carbocycles. The van der Waals surface area contributed by atoms with E-state index >= 15 is 0 Å². The Balaban J connectivity index is 1.90. The maximum Gasteiger partial charge on any atom is 0.410 e. The fraction of sp³-hybridized carbons (Fsp3) is 0.500. The maximum atomic E-state index is 12.1. The molecule has 5 nitrogen and oxygen atoms in total. The van der Waals surface area contributed by atoms with Crippen LogP contribution < -0.4 is 5.73 Å². The second-order valence-corrected chi connectivity index (χ2v) is 4.55. The van der Waals surface area contributed by atoms with E-state index in [0.717, 1.165) is 12.0 Å². The van der Waals surface area contributed by atoms with Gasteiger partial charge in [-0.05, 0) is 12.0 Å². The zero-order valence-electron chi connectivity index (χ0n) is 11.0. The summed E-state index contributed by atoms with van der Waals surface area (Å²) in [6.07, 6.45) is 0.501. The highest BCUT2D eigenvalue weighted by molar-refractivity contribution is 5.68. The number of carbonyl (C=O) groups excluding carboxylic acids is 1. The summed E-state index contributed by atoms with van der Waals surface area (Å²) in [6.45, 7) is 2.46. The molecule has 1 fully saturated rings. The predicted molar refractivity (Wildman–Crippen MR) is 71.6 cm³/mol. The van der Waals surface area contributed by atoms with Gasteiger partial charge in [0.05, 0.1) is 12.6 Å². The molecule has 1 aliphatic heterocycles. The molecule has 2 N–H and O–H groups in total. The van der Waals surface area contributed by atoms with Crippen molar-refractivity contribution in [1.29, 1.82) is 0 Å². The number of nitrogens with zero attached hydrogens (tertiary/aromatic N) is 1. The Bertz CT molecular complexity index is 397. The lowest BCUT2D eigenvalue weighted by atomic mass is 10.2. The zero-order valence-corrected chi connectivity index (χ0v) is 11.0. The largest absolute Gasteiger partial charge is 0.445 e. The Morgan fingerprint density at radius 1 is 1.42 bits per heavy atom. The summed E-state index contributed by atoms with van der Waals surface area (Å²) in [5.74, 6) is 0. The average molecular weight is 264 g/mol. The molecule has 0 bridgehead atoms. The molecule has 0 radical (unpaired) electrons. The number of ether oxygens (including phenoxy) is 2. The second-order valence-electron chi connectivity index (χ2n) is 4.55. The van der Waals surface area contributed by atoms with Gasteiger partial charge in [-0.1, -0.05) is 30.3 Å². The first-order valence-corrected chi connectivity index (χ1v) is 6.56. The van der Waals surface area contributed by atoms with Gasteiger partial charge in [0.2, 0.25) is 0 Å². The van der Waals surface area contributed by atoms with E-state index in [0.29, 0.717) is 26.3 Å². The number of amides is 1. The maximum absolute atomic E-state index is 12.1. The van der Waals surface area contributed by atoms with Gasteiger partial charge in [-0.15, -0.1) is 0 Å². The van der Waals surface area contributed by atoms with Crippen LogP contribution in [0.4, 0.5) is 4.79 Å². The van der Waals surface area contributed by atoms with E-state index in [1.807, 2.05) is 30.3 Å². The van der Waals surface area contributed by atoms with E-state index in [1.54, 1.807) is 4.90 Å². The molecule has 1 heterocycles. The SMILES string of the molecule is NCC1COCCCN1C(=O)OCc1ccccc1. The normalized spacial score (nSPS) is 19.8. The van der Waals surface area contributed by atoms with Gasteiger partial charge in [-0.2, -0.15) is 0 Å². The molecule has 19 heavy (non-hydrogen) atoms. The summed E-state index contributed by atoms with van der Waals surface area (Å²) >= 11 is 0. The number of benzene rings is 1. The van der Waals surface area contributed by atoms with Gasteiger partial charge in [0.15, 0.2) is 0 Å². The highest BCUT2D eigenvalue weighted by atomic mass is 16.6. The van der Waals surface area contributed by atoms with Crippen LogP contribution in [0, 0.1) is 0 Å². The van der Waals surface area contributed by atoms with Crippen molar-refractivity contribution in [2.24, 2.45) is 5.73 Å². The minimum atomic E-state index is -0.315. The highest BCUT2D eigenvalue weighted by Crippen LogP contribution is 2.10. The summed E-state index contributed by atoms with van der Waals surface area (Å²) in [6, 6.07) is 9.54. The van der Waals surface area contributed by atoms with Crippen molar-refractivity contribution >= 4 is 6.09 Å². The standard InChI is InChI=1S/C14H20N2O3/c15-9-13-11-18-8-4-7-16(13)14(17)19-10-12-5-2-1-3-6-12/h1-3,5-6,13H,4,7-11,15H2. The number of nitrogens with two attached hydrogens (primary N) is 1. The van der Waals surface area contributed by atoms with Gasteiger partial charge in [-0.25, -0.2) is 4.79 Å². The van der Waals surface area contributed by atoms with Crippen molar-refractivity contribution in [3.63, 3.8) is 0 Å². The molecule has 1 unspecified atom stereocenters. The molecular weight excluding hydrogens is 244 g/mol. The summed E-state index contributed by atoms with van der Waals surface area (Å²) in [7, 11) is 0. The van der Waals surface area contributed by atoms with Gasteiger partial charge in [0.1, 0.15) is 6.61 Å². The smallest absolute Gasteiger partial charge is 0.410 e. The lowest BCUT2D eigenvalue weighted by molar-refractivity contribution is 0.0678. The van der Waals surface area contributed by atoms with Crippen LogP contribution in [0.25, 0.3) is 0 Å². The molecule has 1 aromatic carbocycles. The Morgan fingerprint density at radius 2 is 2.21 bits per heavy atom. The first-order chi connectivity index (χ1) is 9.31. The van der Waals surface area contributed by atoms with Crippen molar-refractivity contribution < 1.29 is 14.3 Å². The predicted octanol–water partition coefficient (Wildman–Crippen LogP) is 1.37. The van der Waals surface area contributed by atoms with E-state index in [1.165, 1.54) is 0 Å².